The van der Waals surface area contributed by atoms with Crippen molar-refractivity contribution in [2.24, 2.45) is 0 Å². The van der Waals surface area contributed by atoms with Gasteiger partial charge in [0.1, 0.15) is 5.65 Å². The molecule has 0 saturated carbocycles. The minimum atomic E-state index is 0.624. The lowest BCUT2D eigenvalue weighted by Gasteiger charge is -2.09. The molecule has 5 heteroatoms. The van der Waals surface area contributed by atoms with Crippen molar-refractivity contribution >= 4 is 21.6 Å². The van der Waals surface area contributed by atoms with Gasteiger partial charge in [0.25, 0.3) is 0 Å². The number of halogens is 1. The van der Waals surface area contributed by atoms with Crippen LogP contribution in [-0.2, 0) is 11.8 Å². The van der Waals surface area contributed by atoms with Gasteiger partial charge >= 0.3 is 0 Å². The van der Waals surface area contributed by atoms with E-state index in [1.165, 1.54) is 0 Å². The minimum Gasteiger partial charge on any atom is -0.435 e. The SMILES string of the molecule is CCc1nc(C)ccc1Oc1nc2ccccn2c1CBr. The molecular weight excluding hydrogens is 330 g/mol. The van der Waals surface area contributed by atoms with Crippen molar-refractivity contribution in [3.8, 4) is 11.6 Å². The molecule has 3 aromatic heterocycles. The summed E-state index contributed by atoms with van der Waals surface area (Å²) in [5.74, 6) is 1.40. The highest BCUT2D eigenvalue weighted by molar-refractivity contribution is 9.08. The van der Waals surface area contributed by atoms with Gasteiger partial charge < -0.3 is 4.74 Å². The molecule has 21 heavy (non-hydrogen) atoms. The van der Waals surface area contributed by atoms with Gasteiger partial charge in [-0.1, -0.05) is 28.9 Å². The van der Waals surface area contributed by atoms with Crippen LogP contribution in [0.1, 0.15) is 24.0 Å². The average molecular weight is 346 g/mol. The second-order valence-electron chi connectivity index (χ2n) is 4.78. The fraction of sp³-hybridized carbons (Fsp3) is 0.250. The van der Waals surface area contributed by atoms with Crippen LogP contribution in [-0.4, -0.2) is 14.4 Å². The zero-order chi connectivity index (χ0) is 14.8. The van der Waals surface area contributed by atoms with Gasteiger partial charge in [0.15, 0.2) is 5.75 Å². The standard InChI is InChI=1S/C16H16BrN3O/c1-3-12-14(8-7-11(2)18-12)21-16-13(10-17)20-9-5-4-6-15(20)19-16/h4-9H,3,10H2,1-2H3. The molecule has 0 amide bonds. The summed E-state index contributed by atoms with van der Waals surface area (Å²) in [6, 6.07) is 9.83. The third kappa shape index (κ3) is 2.65. The highest BCUT2D eigenvalue weighted by Gasteiger charge is 2.14. The maximum atomic E-state index is 6.04. The van der Waals surface area contributed by atoms with E-state index >= 15 is 0 Å². The Bertz CT molecular complexity index is 782. The van der Waals surface area contributed by atoms with Crippen LogP contribution in [0.2, 0.25) is 0 Å². The summed E-state index contributed by atoms with van der Waals surface area (Å²) in [6.45, 7) is 4.06. The molecular formula is C16H16BrN3O. The zero-order valence-electron chi connectivity index (χ0n) is 12.0. The van der Waals surface area contributed by atoms with E-state index in [0.717, 1.165) is 34.9 Å². The molecule has 3 rings (SSSR count). The fourth-order valence-electron chi connectivity index (χ4n) is 2.28. The van der Waals surface area contributed by atoms with Gasteiger partial charge in [0.05, 0.1) is 11.4 Å². The quantitative estimate of drug-likeness (QED) is 0.662. The van der Waals surface area contributed by atoms with E-state index in [9.17, 15) is 0 Å². The van der Waals surface area contributed by atoms with Crippen molar-refractivity contribution < 1.29 is 4.74 Å². The van der Waals surface area contributed by atoms with Crippen molar-refractivity contribution in [3.63, 3.8) is 0 Å². The van der Waals surface area contributed by atoms with E-state index in [0.29, 0.717) is 11.2 Å². The zero-order valence-corrected chi connectivity index (χ0v) is 13.6. The number of aryl methyl sites for hydroxylation is 2. The third-order valence-corrected chi connectivity index (χ3v) is 3.86. The van der Waals surface area contributed by atoms with Crippen LogP contribution in [0.4, 0.5) is 0 Å². The molecule has 0 radical (unpaired) electrons. The second kappa shape index (κ2) is 5.85. The smallest absolute Gasteiger partial charge is 0.242 e. The first kappa shape index (κ1) is 14.1. The van der Waals surface area contributed by atoms with E-state index < -0.39 is 0 Å². The Kier molecular flexibility index (Phi) is 3.92. The molecule has 0 aliphatic heterocycles. The summed E-state index contributed by atoms with van der Waals surface area (Å²) < 4.78 is 8.06. The summed E-state index contributed by atoms with van der Waals surface area (Å²) in [6.07, 6.45) is 2.81. The Hall–Kier alpha value is -1.88. The van der Waals surface area contributed by atoms with Gasteiger partial charge in [-0.3, -0.25) is 9.38 Å². The molecule has 0 spiro atoms. The van der Waals surface area contributed by atoms with Crippen molar-refractivity contribution in [2.75, 3.05) is 0 Å². The maximum absolute atomic E-state index is 6.04. The first-order valence-corrected chi connectivity index (χ1v) is 8.01. The van der Waals surface area contributed by atoms with Crippen LogP contribution in [0.3, 0.4) is 0 Å². The lowest BCUT2D eigenvalue weighted by molar-refractivity contribution is 0.453. The van der Waals surface area contributed by atoms with Crippen molar-refractivity contribution in [1.29, 1.82) is 0 Å². The van der Waals surface area contributed by atoms with Gasteiger partial charge in [0.2, 0.25) is 5.88 Å². The number of imidazole rings is 1. The van der Waals surface area contributed by atoms with E-state index in [1.807, 2.05) is 47.9 Å². The topological polar surface area (TPSA) is 39.4 Å². The molecule has 0 fully saturated rings. The Morgan fingerprint density at radius 2 is 2.05 bits per heavy atom. The average Bonchev–Trinajstić information content (AvgIpc) is 2.86. The molecule has 4 nitrogen and oxygen atoms in total. The molecule has 3 aromatic rings. The number of pyridine rings is 2. The first-order valence-electron chi connectivity index (χ1n) is 6.89. The molecule has 108 valence electrons. The normalized spacial score (nSPS) is 11.0. The summed E-state index contributed by atoms with van der Waals surface area (Å²) in [4.78, 5) is 9.09. The third-order valence-electron chi connectivity index (χ3n) is 3.33. The second-order valence-corrected chi connectivity index (χ2v) is 5.34. The molecule has 0 N–H and O–H groups in total. The van der Waals surface area contributed by atoms with Crippen LogP contribution in [0, 0.1) is 6.92 Å². The van der Waals surface area contributed by atoms with Crippen LogP contribution < -0.4 is 4.74 Å². The van der Waals surface area contributed by atoms with Gasteiger partial charge in [-0.2, -0.15) is 4.98 Å². The van der Waals surface area contributed by atoms with Crippen LogP contribution >= 0.6 is 15.9 Å². The molecule has 0 aliphatic carbocycles. The predicted molar refractivity (Wildman–Crippen MR) is 86.2 cm³/mol. The number of hydrogen-bond acceptors (Lipinski definition) is 3. The monoisotopic (exact) mass is 345 g/mol. The largest absolute Gasteiger partial charge is 0.435 e. The molecule has 0 bridgehead atoms. The van der Waals surface area contributed by atoms with Crippen LogP contribution in [0.5, 0.6) is 11.6 Å². The highest BCUT2D eigenvalue weighted by atomic mass is 79.9. The minimum absolute atomic E-state index is 0.624. The Morgan fingerprint density at radius 1 is 1.19 bits per heavy atom. The number of alkyl halides is 1. The van der Waals surface area contributed by atoms with E-state index in [1.54, 1.807) is 0 Å². The summed E-state index contributed by atoms with van der Waals surface area (Å²) in [5, 5.41) is 0.675. The van der Waals surface area contributed by atoms with Gasteiger partial charge in [-0.25, -0.2) is 0 Å². The van der Waals surface area contributed by atoms with E-state index in [4.69, 9.17) is 4.74 Å². The fourth-order valence-corrected chi connectivity index (χ4v) is 2.79. The van der Waals surface area contributed by atoms with E-state index in [-0.39, 0.29) is 0 Å². The van der Waals surface area contributed by atoms with Gasteiger partial charge in [-0.15, -0.1) is 0 Å². The number of nitrogens with zero attached hydrogens (tertiary/aromatic N) is 3. The first-order chi connectivity index (χ1) is 10.2. The van der Waals surface area contributed by atoms with Gasteiger partial charge in [-0.05, 0) is 37.6 Å². The van der Waals surface area contributed by atoms with Crippen molar-refractivity contribution in [2.45, 2.75) is 25.6 Å². The Morgan fingerprint density at radius 3 is 2.81 bits per heavy atom. The summed E-state index contributed by atoms with van der Waals surface area (Å²) >= 11 is 3.51. The number of rotatable bonds is 4. The predicted octanol–water partition coefficient (Wildman–Crippen LogP) is 4.29. The van der Waals surface area contributed by atoms with Gasteiger partial charge in [0, 0.05) is 17.2 Å². The lowest BCUT2D eigenvalue weighted by Crippen LogP contribution is -1.97. The number of ether oxygens (including phenoxy) is 1. The van der Waals surface area contributed by atoms with Crippen molar-refractivity contribution in [3.05, 3.63) is 53.6 Å². The summed E-state index contributed by atoms with van der Waals surface area (Å²) in [7, 11) is 0. The number of aromatic nitrogens is 3. The molecule has 0 aliphatic rings. The highest BCUT2D eigenvalue weighted by Crippen LogP contribution is 2.29. The lowest BCUT2D eigenvalue weighted by atomic mass is 10.2. The van der Waals surface area contributed by atoms with Crippen molar-refractivity contribution in [1.82, 2.24) is 14.4 Å². The molecule has 0 aromatic carbocycles. The number of hydrogen-bond donors (Lipinski definition) is 0. The molecule has 0 unspecified atom stereocenters. The molecule has 3 heterocycles. The van der Waals surface area contributed by atoms with Crippen LogP contribution in [0.25, 0.3) is 5.65 Å². The van der Waals surface area contributed by atoms with Crippen LogP contribution in [0.15, 0.2) is 36.5 Å². The van der Waals surface area contributed by atoms with E-state index in [2.05, 4.69) is 32.8 Å². The molecule has 0 atom stereocenters. The number of fused-ring (bicyclic) bond motifs is 1. The Balaban J connectivity index is 2.06. The summed E-state index contributed by atoms with van der Waals surface area (Å²) in [5.41, 5.74) is 3.82. The molecule has 0 saturated heterocycles. The Labute approximate surface area is 131 Å². The maximum Gasteiger partial charge on any atom is 0.242 e.